The molecule has 0 saturated carbocycles. The number of halogens is 3. The van der Waals surface area contributed by atoms with Crippen molar-refractivity contribution in [1.29, 1.82) is 5.41 Å². The molecule has 5 N–H and O–H groups in total. The zero-order chi connectivity index (χ0) is 28.3. The highest BCUT2D eigenvalue weighted by atomic mass is 32.2. The number of aliphatic carboxylic acids is 1. The van der Waals surface area contributed by atoms with E-state index in [4.69, 9.17) is 25.8 Å². The van der Waals surface area contributed by atoms with E-state index in [0.717, 1.165) is 16.3 Å². The van der Waals surface area contributed by atoms with E-state index in [9.17, 15) is 26.4 Å². The molecule has 1 fully saturated rings. The fraction of sp³-hybridized carbons (Fsp3) is 0.261. The lowest BCUT2D eigenvalue weighted by Gasteiger charge is -2.17. The number of nitrogens with two attached hydrogens (primary N) is 1. The van der Waals surface area contributed by atoms with Crippen molar-refractivity contribution >= 4 is 49.8 Å². The van der Waals surface area contributed by atoms with Crippen LogP contribution < -0.4 is 15.2 Å². The molecule has 1 aliphatic rings. The number of likely N-dealkylation sites (tertiary alicyclic amines) is 1. The van der Waals surface area contributed by atoms with Crippen molar-refractivity contribution in [2.45, 2.75) is 30.1 Å². The van der Waals surface area contributed by atoms with Crippen LogP contribution in [0.5, 0.6) is 5.75 Å². The van der Waals surface area contributed by atoms with Gasteiger partial charge in [0, 0.05) is 13.1 Å². The van der Waals surface area contributed by atoms with Crippen LogP contribution in [0.15, 0.2) is 52.7 Å². The number of nitrogens with zero attached hydrogens (tertiary/aromatic N) is 1. The Balaban J connectivity index is 0.000000505. The molecule has 204 valence electrons. The van der Waals surface area contributed by atoms with Crippen LogP contribution in [-0.4, -0.2) is 62.0 Å². The number of carboxylic acids is 1. The van der Waals surface area contributed by atoms with Crippen LogP contribution in [0, 0.1) is 5.41 Å². The molecule has 4 rings (SSSR count). The van der Waals surface area contributed by atoms with Gasteiger partial charge >= 0.3 is 12.1 Å². The Hall–Kier alpha value is -3.69. The molecule has 0 spiro atoms. The van der Waals surface area contributed by atoms with E-state index in [1.165, 1.54) is 17.4 Å². The summed E-state index contributed by atoms with van der Waals surface area (Å²) in [6, 6.07) is 11.3. The van der Waals surface area contributed by atoms with Crippen molar-refractivity contribution in [1.82, 2.24) is 9.62 Å². The number of thiophene rings is 1. The third kappa shape index (κ3) is 6.99. The molecule has 0 radical (unpaired) electrons. The SMILES string of the molecule is COc1ccc2ccc(S(=O)(=O)NC3CCN(Cc4csc(C(=N)N)c4)C3=O)cc2c1.O=C(O)C(F)(F)F. The van der Waals surface area contributed by atoms with Crippen molar-refractivity contribution in [2.24, 2.45) is 5.73 Å². The van der Waals surface area contributed by atoms with Gasteiger partial charge in [-0.15, -0.1) is 11.3 Å². The number of ether oxygens (including phenoxy) is 1. The van der Waals surface area contributed by atoms with Crippen molar-refractivity contribution in [3.05, 3.63) is 58.3 Å². The molecule has 2 aromatic carbocycles. The monoisotopic (exact) mass is 572 g/mol. The molecule has 3 aromatic rings. The summed E-state index contributed by atoms with van der Waals surface area (Å²) in [5, 5.41) is 18.1. The van der Waals surface area contributed by atoms with Crippen LogP contribution in [0.1, 0.15) is 16.9 Å². The van der Waals surface area contributed by atoms with Crippen molar-refractivity contribution in [3.63, 3.8) is 0 Å². The van der Waals surface area contributed by atoms with Gasteiger partial charge in [0.2, 0.25) is 15.9 Å². The molecule has 15 heteroatoms. The largest absolute Gasteiger partial charge is 0.497 e. The molecule has 2 heterocycles. The Morgan fingerprint density at radius 3 is 2.47 bits per heavy atom. The number of carbonyl (C=O) groups is 2. The number of alkyl halides is 3. The molecule has 1 unspecified atom stereocenters. The predicted molar refractivity (Wildman–Crippen MR) is 134 cm³/mol. The standard InChI is InChI=1S/C21H22N4O4S2.C2HF3O2/c1-29-16-4-2-14-3-5-17(10-15(14)9-16)31(27,28)24-18-6-7-25(21(18)26)11-13-8-19(20(22)23)30-12-13;3-2(4,5)1(6)7/h2-5,8-10,12,18,24H,6-7,11H2,1H3,(H3,22,23);(H,6,7). The van der Waals surface area contributed by atoms with Gasteiger partial charge in [-0.05, 0) is 58.5 Å². The van der Waals surface area contributed by atoms with Gasteiger partial charge in [-0.25, -0.2) is 13.2 Å². The van der Waals surface area contributed by atoms with Gasteiger partial charge in [0.1, 0.15) is 17.6 Å². The highest BCUT2D eigenvalue weighted by Crippen LogP contribution is 2.25. The van der Waals surface area contributed by atoms with E-state index in [0.29, 0.717) is 30.1 Å². The topological polar surface area (TPSA) is 163 Å². The summed E-state index contributed by atoms with van der Waals surface area (Å²) in [4.78, 5) is 24.0. The Kier molecular flexibility index (Phi) is 8.64. The van der Waals surface area contributed by atoms with Crippen molar-refractivity contribution < 1.29 is 41.0 Å². The minimum Gasteiger partial charge on any atom is -0.497 e. The first-order valence-electron chi connectivity index (χ1n) is 10.8. The fourth-order valence-corrected chi connectivity index (χ4v) is 5.60. The second kappa shape index (κ2) is 11.4. The molecule has 1 aliphatic heterocycles. The molecule has 1 aromatic heterocycles. The number of rotatable bonds is 7. The number of fused-ring (bicyclic) bond motifs is 1. The summed E-state index contributed by atoms with van der Waals surface area (Å²) >= 11 is 1.35. The van der Waals surface area contributed by atoms with E-state index >= 15 is 0 Å². The Morgan fingerprint density at radius 1 is 1.24 bits per heavy atom. The number of amides is 1. The second-order valence-electron chi connectivity index (χ2n) is 8.13. The minimum atomic E-state index is -5.08. The number of benzene rings is 2. The number of nitrogens with one attached hydrogen (secondary N) is 2. The second-order valence-corrected chi connectivity index (χ2v) is 10.8. The molecular weight excluding hydrogens is 549 g/mol. The molecule has 0 bridgehead atoms. The number of nitrogen functional groups attached to an aromatic ring is 1. The van der Waals surface area contributed by atoms with Crippen LogP contribution in [0.3, 0.4) is 0 Å². The lowest BCUT2D eigenvalue weighted by molar-refractivity contribution is -0.192. The smallest absolute Gasteiger partial charge is 0.490 e. The molecular formula is C23H23F3N4O6S2. The van der Waals surface area contributed by atoms with Crippen LogP contribution >= 0.6 is 11.3 Å². The van der Waals surface area contributed by atoms with Gasteiger partial charge in [0.05, 0.1) is 16.9 Å². The number of hydrogen-bond acceptors (Lipinski definition) is 7. The summed E-state index contributed by atoms with van der Waals surface area (Å²) in [5.41, 5.74) is 6.36. The summed E-state index contributed by atoms with van der Waals surface area (Å²) in [5.74, 6) is -2.39. The van der Waals surface area contributed by atoms with Gasteiger partial charge < -0.3 is 20.5 Å². The number of methoxy groups -OCH3 is 1. The molecule has 10 nitrogen and oxygen atoms in total. The molecule has 1 atom stereocenters. The first-order chi connectivity index (χ1) is 17.7. The summed E-state index contributed by atoms with van der Waals surface area (Å²) in [6.07, 6.45) is -4.69. The van der Waals surface area contributed by atoms with Crippen LogP contribution in [0.2, 0.25) is 0 Å². The van der Waals surface area contributed by atoms with Gasteiger partial charge in [0.25, 0.3) is 0 Å². The lowest BCUT2D eigenvalue weighted by atomic mass is 10.1. The summed E-state index contributed by atoms with van der Waals surface area (Å²) in [6.45, 7) is 0.808. The molecule has 1 saturated heterocycles. The number of hydrogen-bond donors (Lipinski definition) is 4. The number of amidine groups is 1. The van der Waals surface area contributed by atoms with Gasteiger partial charge in [-0.1, -0.05) is 12.1 Å². The van der Waals surface area contributed by atoms with Crippen LogP contribution in [-0.2, 0) is 26.2 Å². The fourth-order valence-electron chi connectivity index (χ4n) is 3.58. The number of carbonyl (C=O) groups excluding carboxylic acids is 1. The Bertz CT molecular complexity index is 1470. The van der Waals surface area contributed by atoms with E-state index in [1.807, 2.05) is 17.5 Å². The lowest BCUT2D eigenvalue weighted by Crippen LogP contribution is -2.41. The highest BCUT2D eigenvalue weighted by Gasteiger charge is 2.38. The third-order valence-corrected chi connectivity index (χ3v) is 7.94. The number of sulfonamides is 1. The zero-order valence-corrected chi connectivity index (χ0v) is 21.4. The highest BCUT2D eigenvalue weighted by molar-refractivity contribution is 7.89. The van der Waals surface area contributed by atoms with Crippen molar-refractivity contribution in [2.75, 3.05) is 13.7 Å². The van der Waals surface area contributed by atoms with Crippen LogP contribution in [0.4, 0.5) is 13.2 Å². The average Bonchev–Trinajstić information content (AvgIpc) is 3.45. The quantitative estimate of drug-likeness (QED) is 0.250. The zero-order valence-electron chi connectivity index (χ0n) is 19.8. The maximum absolute atomic E-state index is 12.9. The first-order valence-corrected chi connectivity index (χ1v) is 13.2. The predicted octanol–water partition coefficient (Wildman–Crippen LogP) is 2.91. The minimum absolute atomic E-state index is 0.0114. The number of carboxylic acid groups (broad SMARTS) is 1. The maximum atomic E-state index is 12.9. The van der Waals surface area contributed by atoms with Gasteiger partial charge in [-0.2, -0.15) is 17.9 Å². The van der Waals surface area contributed by atoms with Gasteiger partial charge in [0.15, 0.2) is 0 Å². The van der Waals surface area contributed by atoms with E-state index in [1.54, 1.807) is 36.3 Å². The van der Waals surface area contributed by atoms with E-state index in [-0.39, 0.29) is 16.6 Å². The maximum Gasteiger partial charge on any atom is 0.490 e. The normalized spacial score (nSPS) is 15.7. The summed E-state index contributed by atoms with van der Waals surface area (Å²) in [7, 11) is -2.32. The molecule has 0 aliphatic carbocycles. The van der Waals surface area contributed by atoms with E-state index < -0.39 is 28.2 Å². The summed E-state index contributed by atoms with van der Waals surface area (Å²) < 4.78 is 65.4. The third-order valence-electron chi connectivity index (χ3n) is 5.46. The van der Waals surface area contributed by atoms with E-state index in [2.05, 4.69) is 4.72 Å². The molecule has 38 heavy (non-hydrogen) atoms. The van der Waals surface area contributed by atoms with Crippen LogP contribution in [0.25, 0.3) is 10.8 Å². The molecule has 1 amide bonds. The Morgan fingerprint density at radius 2 is 1.89 bits per heavy atom. The average molecular weight is 573 g/mol. The first kappa shape index (κ1) is 28.9. The Labute approximate surface area is 219 Å². The van der Waals surface area contributed by atoms with Crippen molar-refractivity contribution in [3.8, 4) is 5.75 Å². The van der Waals surface area contributed by atoms with Gasteiger partial charge in [-0.3, -0.25) is 10.2 Å².